The number of nitrogen functional groups attached to an aromatic ring is 1. The van der Waals surface area contributed by atoms with Crippen LogP contribution in [0.1, 0.15) is 15.9 Å². The van der Waals surface area contributed by atoms with Gasteiger partial charge in [-0.15, -0.1) is 0 Å². The summed E-state index contributed by atoms with van der Waals surface area (Å²) < 4.78 is 10.3. The Hall–Kier alpha value is -1.91. The van der Waals surface area contributed by atoms with Crippen molar-refractivity contribution in [2.45, 2.75) is 6.61 Å². The van der Waals surface area contributed by atoms with Crippen LogP contribution in [0.2, 0.25) is 10.0 Å². The van der Waals surface area contributed by atoms with Gasteiger partial charge in [0, 0.05) is 11.3 Å². The van der Waals surface area contributed by atoms with Crippen LogP contribution in [-0.4, -0.2) is 13.1 Å². The molecule has 0 aliphatic heterocycles. The number of benzene rings is 2. The molecule has 2 N–H and O–H groups in total. The molecule has 0 fully saturated rings. The van der Waals surface area contributed by atoms with E-state index >= 15 is 0 Å². The number of anilines is 1. The molecule has 0 heterocycles. The minimum absolute atomic E-state index is 0.0101. The van der Waals surface area contributed by atoms with Gasteiger partial charge in [0.2, 0.25) is 0 Å². The molecule has 2 aromatic carbocycles. The van der Waals surface area contributed by atoms with E-state index in [-0.39, 0.29) is 12.2 Å². The molecule has 0 aliphatic rings. The highest BCUT2D eigenvalue weighted by atomic mass is 35.5. The average molecular weight is 326 g/mol. The maximum absolute atomic E-state index is 12.1. The van der Waals surface area contributed by atoms with Crippen LogP contribution in [0.4, 0.5) is 5.69 Å². The normalized spacial score (nSPS) is 10.2. The van der Waals surface area contributed by atoms with E-state index in [1.54, 1.807) is 30.3 Å². The summed E-state index contributed by atoms with van der Waals surface area (Å²) in [5.74, 6) is -0.151. The second kappa shape index (κ2) is 6.70. The molecular formula is C15H13Cl2NO3. The summed E-state index contributed by atoms with van der Waals surface area (Å²) in [4.78, 5) is 12.1. The number of esters is 1. The van der Waals surface area contributed by atoms with E-state index in [4.69, 9.17) is 38.4 Å². The minimum Gasteiger partial charge on any atom is -0.496 e. The van der Waals surface area contributed by atoms with E-state index in [0.717, 1.165) is 0 Å². The third-order valence-corrected chi connectivity index (χ3v) is 3.69. The molecule has 0 radical (unpaired) electrons. The lowest BCUT2D eigenvalue weighted by molar-refractivity contribution is 0.0469. The number of carbonyl (C=O) groups excluding carboxylic acids is 1. The molecule has 0 saturated carbocycles. The van der Waals surface area contributed by atoms with Crippen LogP contribution in [0, 0.1) is 0 Å². The Morgan fingerprint density at radius 2 is 2.00 bits per heavy atom. The van der Waals surface area contributed by atoms with Gasteiger partial charge in [-0.05, 0) is 24.3 Å². The van der Waals surface area contributed by atoms with Gasteiger partial charge >= 0.3 is 5.97 Å². The smallest absolute Gasteiger partial charge is 0.342 e. The largest absolute Gasteiger partial charge is 0.496 e. The number of hydrogen-bond acceptors (Lipinski definition) is 4. The highest BCUT2D eigenvalue weighted by Gasteiger charge is 2.15. The van der Waals surface area contributed by atoms with E-state index in [9.17, 15) is 4.79 Å². The van der Waals surface area contributed by atoms with Crippen molar-refractivity contribution in [3.8, 4) is 5.75 Å². The monoisotopic (exact) mass is 325 g/mol. The van der Waals surface area contributed by atoms with E-state index in [0.29, 0.717) is 27.0 Å². The third kappa shape index (κ3) is 3.60. The number of carbonyl (C=O) groups is 1. The fourth-order valence-corrected chi connectivity index (χ4v) is 2.14. The molecule has 110 valence electrons. The Bertz CT molecular complexity index is 674. The lowest BCUT2D eigenvalue weighted by atomic mass is 10.2. The van der Waals surface area contributed by atoms with E-state index in [1.807, 2.05) is 0 Å². The predicted molar refractivity (Wildman–Crippen MR) is 83.0 cm³/mol. The molecule has 0 aliphatic carbocycles. The van der Waals surface area contributed by atoms with Crippen LogP contribution in [0.5, 0.6) is 5.75 Å². The van der Waals surface area contributed by atoms with Crippen LogP contribution in [0.3, 0.4) is 0 Å². The quantitative estimate of drug-likeness (QED) is 0.683. The summed E-state index contributed by atoms with van der Waals surface area (Å²) >= 11 is 11.9. The first kappa shape index (κ1) is 15.5. The molecule has 0 aromatic heterocycles. The maximum Gasteiger partial charge on any atom is 0.342 e. The Morgan fingerprint density at radius 1 is 1.24 bits per heavy atom. The Labute approximate surface area is 132 Å². The van der Waals surface area contributed by atoms with Gasteiger partial charge in [-0.1, -0.05) is 35.3 Å². The predicted octanol–water partition coefficient (Wildman–Crippen LogP) is 3.94. The van der Waals surface area contributed by atoms with Crippen molar-refractivity contribution in [2.24, 2.45) is 0 Å². The van der Waals surface area contributed by atoms with Gasteiger partial charge in [-0.25, -0.2) is 4.79 Å². The van der Waals surface area contributed by atoms with Crippen molar-refractivity contribution in [1.82, 2.24) is 0 Å². The van der Waals surface area contributed by atoms with Crippen molar-refractivity contribution in [1.29, 1.82) is 0 Å². The van der Waals surface area contributed by atoms with Crippen molar-refractivity contribution in [3.05, 3.63) is 57.6 Å². The summed E-state index contributed by atoms with van der Waals surface area (Å²) in [7, 11) is 1.47. The van der Waals surface area contributed by atoms with Gasteiger partial charge < -0.3 is 15.2 Å². The van der Waals surface area contributed by atoms with Gasteiger partial charge in [0.25, 0.3) is 0 Å². The van der Waals surface area contributed by atoms with Crippen LogP contribution in [0.25, 0.3) is 0 Å². The molecule has 21 heavy (non-hydrogen) atoms. The summed E-state index contributed by atoms with van der Waals surface area (Å²) in [6.07, 6.45) is 0. The molecule has 4 nitrogen and oxygen atoms in total. The van der Waals surface area contributed by atoms with Crippen LogP contribution < -0.4 is 10.5 Å². The molecule has 0 bridgehead atoms. The van der Waals surface area contributed by atoms with Crippen molar-refractivity contribution >= 4 is 34.9 Å². The zero-order valence-corrected chi connectivity index (χ0v) is 12.7. The average Bonchev–Trinajstić information content (AvgIpc) is 2.48. The number of rotatable bonds is 4. The molecule has 0 saturated heterocycles. The molecule has 0 unspecified atom stereocenters. The van der Waals surface area contributed by atoms with Crippen molar-refractivity contribution in [2.75, 3.05) is 12.8 Å². The number of halogens is 2. The summed E-state index contributed by atoms with van der Waals surface area (Å²) in [5, 5.41) is 0.776. The van der Waals surface area contributed by atoms with Gasteiger partial charge in [-0.3, -0.25) is 0 Å². The highest BCUT2D eigenvalue weighted by molar-refractivity contribution is 6.42. The van der Waals surface area contributed by atoms with Gasteiger partial charge in [-0.2, -0.15) is 0 Å². The second-order valence-corrected chi connectivity index (χ2v) is 5.03. The van der Waals surface area contributed by atoms with Gasteiger partial charge in [0.05, 0.1) is 17.2 Å². The zero-order valence-electron chi connectivity index (χ0n) is 11.2. The fourth-order valence-electron chi connectivity index (χ4n) is 1.77. The first-order chi connectivity index (χ1) is 10.0. The van der Waals surface area contributed by atoms with E-state index < -0.39 is 5.97 Å². The molecule has 0 spiro atoms. The number of nitrogens with two attached hydrogens (primary N) is 1. The van der Waals surface area contributed by atoms with Gasteiger partial charge in [0.1, 0.15) is 17.9 Å². The fraction of sp³-hybridized carbons (Fsp3) is 0.133. The topological polar surface area (TPSA) is 61.5 Å². The molecule has 6 heteroatoms. The van der Waals surface area contributed by atoms with Crippen LogP contribution >= 0.6 is 23.2 Å². The van der Waals surface area contributed by atoms with Crippen molar-refractivity contribution < 1.29 is 14.3 Å². The Morgan fingerprint density at radius 3 is 2.71 bits per heavy atom. The molecule has 0 amide bonds. The molecule has 2 rings (SSSR count). The number of hydrogen-bond donors (Lipinski definition) is 1. The maximum atomic E-state index is 12.1. The first-order valence-electron chi connectivity index (χ1n) is 6.06. The molecule has 2 aromatic rings. The second-order valence-electron chi connectivity index (χ2n) is 4.25. The Kier molecular flexibility index (Phi) is 4.94. The van der Waals surface area contributed by atoms with Gasteiger partial charge in [0.15, 0.2) is 0 Å². The van der Waals surface area contributed by atoms with Crippen LogP contribution in [-0.2, 0) is 11.3 Å². The standard InChI is InChI=1S/C15H13Cl2NO3/c1-20-13-6-5-10(18)7-11(13)15(19)21-8-9-3-2-4-12(16)14(9)17/h2-7H,8,18H2,1H3. The number of methoxy groups -OCH3 is 1. The Balaban J connectivity index is 2.15. The number of ether oxygens (including phenoxy) is 2. The first-order valence-corrected chi connectivity index (χ1v) is 6.82. The SMILES string of the molecule is COc1ccc(N)cc1C(=O)OCc1cccc(Cl)c1Cl. The molecular weight excluding hydrogens is 313 g/mol. The summed E-state index contributed by atoms with van der Waals surface area (Å²) in [5.41, 5.74) is 7.00. The lowest BCUT2D eigenvalue weighted by Crippen LogP contribution is -2.08. The zero-order chi connectivity index (χ0) is 15.4. The van der Waals surface area contributed by atoms with Crippen LogP contribution in [0.15, 0.2) is 36.4 Å². The third-order valence-electron chi connectivity index (χ3n) is 2.83. The lowest BCUT2D eigenvalue weighted by Gasteiger charge is -2.10. The van der Waals surface area contributed by atoms with Crippen molar-refractivity contribution in [3.63, 3.8) is 0 Å². The minimum atomic E-state index is -0.546. The molecule has 0 atom stereocenters. The van der Waals surface area contributed by atoms with E-state index in [1.165, 1.54) is 13.2 Å². The highest BCUT2D eigenvalue weighted by Crippen LogP contribution is 2.27. The summed E-state index contributed by atoms with van der Waals surface area (Å²) in [6, 6.07) is 9.88. The van der Waals surface area contributed by atoms with E-state index in [2.05, 4.69) is 0 Å². The summed E-state index contributed by atoms with van der Waals surface area (Å²) in [6.45, 7) is 0.0101.